The van der Waals surface area contributed by atoms with Crippen molar-refractivity contribution in [2.24, 2.45) is 0 Å². The van der Waals surface area contributed by atoms with Gasteiger partial charge in [-0.05, 0) is 29.8 Å². The Kier molecular flexibility index (Phi) is 4.64. The highest BCUT2D eigenvalue weighted by Gasteiger charge is 2.22. The lowest BCUT2D eigenvalue weighted by atomic mass is 9.94. The summed E-state index contributed by atoms with van der Waals surface area (Å²) in [6.07, 6.45) is 0. The molecule has 0 bridgehead atoms. The summed E-state index contributed by atoms with van der Waals surface area (Å²) in [5.74, 6) is 1.15. The number of sulfonamides is 1. The van der Waals surface area contributed by atoms with Crippen LogP contribution in [0.5, 0.6) is 11.5 Å². The van der Waals surface area contributed by atoms with Gasteiger partial charge in [0.1, 0.15) is 16.4 Å². The van der Waals surface area contributed by atoms with E-state index in [1.165, 1.54) is 20.3 Å². The van der Waals surface area contributed by atoms with Gasteiger partial charge in [0.15, 0.2) is 0 Å². The molecule has 7 heteroatoms. The maximum atomic E-state index is 12.8. The Morgan fingerprint density at radius 3 is 2.50 bits per heavy atom. The summed E-state index contributed by atoms with van der Waals surface area (Å²) < 4.78 is 38.4. The maximum absolute atomic E-state index is 12.8. The first-order valence-corrected chi connectivity index (χ1v) is 9.07. The zero-order valence-electron chi connectivity index (χ0n) is 13.6. The van der Waals surface area contributed by atoms with Crippen molar-refractivity contribution in [2.45, 2.75) is 10.8 Å². The number of benzene rings is 2. The topological polar surface area (TPSA) is 76.7 Å². The van der Waals surface area contributed by atoms with Crippen molar-refractivity contribution in [3.63, 3.8) is 0 Å². The SMILES string of the molecule is COc1ccc(OC)c(S(=O)(=O)Nc2cccc(C3CNC3)c2)c1. The van der Waals surface area contributed by atoms with Gasteiger partial charge in [-0.2, -0.15) is 0 Å². The average Bonchev–Trinajstić information content (AvgIpc) is 2.52. The van der Waals surface area contributed by atoms with E-state index in [0.717, 1.165) is 18.7 Å². The largest absolute Gasteiger partial charge is 0.497 e. The molecule has 24 heavy (non-hydrogen) atoms. The Morgan fingerprint density at radius 2 is 1.88 bits per heavy atom. The van der Waals surface area contributed by atoms with Crippen LogP contribution in [0.15, 0.2) is 47.4 Å². The van der Waals surface area contributed by atoms with E-state index in [9.17, 15) is 8.42 Å². The fourth-order valence-corrected chi connectivity index (χ4v) is 3.82. The van der Waals surface area contributed by atoms with Gasteiger partial charge in [0.25, 0.3) is 10.0 Å². The first-order valence-electron chi connectivity index (χ1n) is 7.59. The second-order valence-electron chi connectivity index (χ2n) is 5.60. The molecular formula is C17H20N2O4S. The lowest BCUT2D eigenvalue weighted by molar-refractivity contribution is 0.392. The highest BCUT2D eigenvalue weighted by molar-refractivity contribution is 7.92. The zero-order chi connectivity index (χ0) is 17.2. The minimum atomic E-state index is -3.79. The summed E-state index contributed by atoms with van der Waals surface area (Å²) in [4.78, 5) is 0.0417. The molecule has 1 aliphatic rings. The maximum Gasteiger partial charge on any atom is 0.265 e. The van der Waals surface area contributed by atoms with E-state index in [0.29, 0.717) is 17.4 Å². The van der Waals surface area contributed by atoms with Crippen LogP contribution in [-0.4, -0.2) is 35.7 Å². The lowest BCUT2D eigenvalue weighted by Crippen LogP contribution is -2.39. The fraction of sp³-hybridized carbons (Fsp3) is 0.294. The number of hydrogen-bond donors (Lipinski definition) is 2. The monoisotopic (exact) mass is 348 g/mol. The molecule has 1 saturated heterocycles. The zero-order valence-corrected chi connectivity index (χ0v) is 14.4. The fourth-order valence-electron chi connectivity index (χ4n) is 2.58. The van der Waals surface area contributed by atoms with Crippen LogP contribution >= 0.6 is 0 Å². The molecule has 0 saturated carbocycles. The highest BCUT2D eigenvalue weighted by Crippen LogP contribution is 2.30. The molecule has 6 nitrogen and oxygen atoms in total. The van der Waals surface area contributed by atoms with Crippen LogP contribution in [0, 0.1) is 0 Å². The van der Waals surface area contributed by atoms with Gasteiger partial charge in [0.2, 0.25) is 0 Å². The van der Waals surface area contributed by atoms with Gasteiger partial charge < -0.3 is 14.8 Å². The second kappa shape index (κ2) is 6.70. The molecule has 0 unspecified atom stereocenters. The molecule has 0 spiro atoms. The van der Waals surface area contributed by atoms with E-state index in [1.807, 2.05) is 18.2 Å². The van der Waals surface area contributed by atoms with Crippen molar-refractivity contribution < 1.29 is 17.9 Å². The summed E-state index contributed by atoms with van der Waals surface area (Å²) in [6.45, 7) is 1.83. The third-order valence-electron chi connectivity index (χ3n) is 4.05. The smallest absolute Gasteiger partial charge is 0.265 e. The molecule has 0 amide bonds. The van der Waals surface area contributed by atoms with Crippen molar-refractivity contribution in [1.82, 2.24) is 5.32 Å². The Hall–Kier alpha value is -2.25. The van der Waals surface area contributed by atoms with E-state index in [4.69, 9.17) is 9.47 Å². The van der Waals surface area contributed by atoms with Gasteiger partial charge in [-0.25, -0.2) is 8.42 Å². The van der Waals surface area contributed by atoms with Crippen LogP contribution in [0.2, 0.25) is 0 Å². The van der Waals surface area contributed by atoms with E-state index in [2.05, 4.69) is 10.0 Å². The Labute approximate surface area is 141 Å². The van der Waals surface area contributed by atoms with E-state index < -0.39 is 10.0 Å². The number of ether oxygens (including phenoxy) is 2. The molecule has 1 heterocycles. The molecule has 1 aliphatic heterocycles. The van der Waals surface area contributed by atoms with Gasteiger partial charge in [0, 0.05) is 30.8 Å². The molecule has 0 aliphatic carbocycles. The van der Waals surface area contributed by atoms with Crippen LogP contribution in [-0.2, 0) is 10.0 Å². The molecule has 2 aromatic carbocycles. The predicted molar refractivity (Wildman–Crippen MR) is 92.4 cm³/mol. The van der Waals surface area contributed by atoms with Crippen LogP contribution in [0.3, 0.4) is 0 Å². The highest BCUT2D eigenvalue weighted by atomic mass is 32.2. The van der Waals surface area contributed by atoms with Gasteiger partial charge in [-0.1, -0.05) is 12.1 Å². The number of anilines is 1. The summed E-state index contributed by atoms with van der Waals surface area (Å²) in [5.41, 5.74) is 1.65. The molecule has 1 fully saturated rings. The number of nitrogens with one attached hydrogen (secondary N) is 2. The van der Waals surface area contributed by atoms with Crippen LogP contribution in [0.4, 0.5) is 5.69 Å². The third kappa shape index (κ3) is 3.32. The minimum absolute atomic E-state index is 0.0417. The molecule has 2 aromatic rings. The third-order valence-corrected chi connectivity index (χ3v) is 5.45. The molecule has 0 atom stereocenters. The summed E-state index contributed by atoms with van der Waals surface area (Å²) in [7, 11) is -0.867. The normalized spacial score (nSPS) is 14.8. The molecule has 128 valence electrons. The predicted octanol–water partition coefficient (Wildman–Crippen LogP) is 2.19. The standard InChI is InChI=1S/C17H20N2O4S/c1-22-15-6-7-16(23-2)17(9-15)24(20,21)19-14-5-3-4-12(8-14)13-10-18-11-13/h3-9,13,18-19H,10-11H2,1-2H3. The molecule has 0 aromatic heterocycles. The van der Waals surface area contributed by atoms with Gasteiger partial charge in [-0.3, -0.25) is 4.72 Å². The number of methoxy groups -OCH3 is 2. The van der Waals surface area contributed by atoms with Gasteiger partial charge >= 0.3 is 0 Å². The van der Waals surface area contributed by atoms with Crippen molar-refractivity contribution in [3.8, 4) is 11.5 Å². The first-order chi connectivity index (χ1) is 11.5. The lowest BCUT2D eigenvalue weighted by Gasteiger charge is -2.27. The average molecular weight is 348 g/mol. The molecule has 2 N–H and O–H groups in total. The Balaban J connectivity index is 1.91. The number of hydrogen-bond acceptors (Lipinski definition) is 5. The van der Waals surface area contributed by atoms with Crippen LogP contribution in [0.1, 0.15) is 11.5 Å². The van der Waals surface area contributed by atoms with Crippen molar-refractivity contribution >= 4 is 15.7 Å². The van der Waals surface area contributed by atoms with E-state index in [1.54, 1.807) is 18.2 Å². The summed E-state index contributed by atoms with van der Waals surface area (Å²) in [6, 6.07) is 12.1. The van der Waals surface area contributed by atoms with E-state index >= 15 is 0 Å². The quantitative estimate of drug-likeness (QED) is 0.837. The summed E-state index contributed by atoms with van der Waals surface area (Å²) in [5, 5.41) is 3.21. The minimum Gasteiger partial charge on any atom is -0.497 e. The van der Waals surface area contributed by atoms with Crippen molar-refractivity contribution in [2.75, 3.05) is 32.0 Å². The molecular weight excluding hydrogens is 328 g/mol. The number of rotatable bonds is 6. The Morgan fingerprint density at radius 1 is 1.08 bits per heavy atom. The van der Waals surface area contributed by atoms with Crippen LogP contribution in [0.25, 0.3) is 0 Å². The second-order valence-corrected chi connectivity index (χ2v) is 7.25. The molecule has 0 radical (unpaired) electrons. The van der Waals surface area contributed by atoms with Crippen LogP contribution < -0.4 is 19.5 Å². The Bertz CT molecular complexity index is 832. The van der Waals surface area contributed by atoms with Crippen molar-refractivity contribution in [3.05, 3.63) is 48.0 Å². The van der Waals surface area contributed by atoms with Gasteiger partial charge in [0.05, 0.1) is 14.2 Å². The van der Waals surface area contributed by atoms with E-state index in [-0.39, 0.29) is 10.6 Å². The van der Waals surface area contributed by atoms with Gasteiger partial charge in [-0.15, -0.1) is 0 Å². The van der Waals surface area contributed by atoms with Crippen molar-refractivity contribution in [1.29, 1.82) is 0 Å². The summed E-state index contributed by atoms with van der Waals surface area (Å²) >= 11 is 0. The first kappa shape index (κ1) is 16.6. The molecule has 3 rings (SSSR count).